The van der Waals surface area contributed by atoms with Crippen molar-refractivity contribution >= 4 is 17.6 Å². The lowest BCUT2D eigenvalue weighted by Gasteiger charge is -2.20. The fraction of sp³-hybridized carbons (Fsp3) is 0.273. The molecule has 3 aromatic rings. The minimum absolute atomic E-state index is 0.154. The first-order valence-corrected chi connectivity index (χ1v) is 10.3. The number of aryl methyl sites for hydroxylation is 1. The van der Waals surface area contributed by atoms with Crippen LogP contribution in [0.2, 0.25) is 0 Å². The smallest absolute Gasteiger partial charge is 0.425 e. The average molecular weight is 514 g/mol. The number of nitrogens with one attached hydrogen (secondary N) is 1. The highest BCUT2D eigenvalue weighted by atomic mass is 19.4. The van der Waals surface area contributed by atoms with Gasteiger partial charge in [-0.15, -0.1) is 5.10 Å². The van der Waals surface area contributed by atoms with Crippen molar-refractivity contribution in [1.29, 1.82) is 0 Å². The van der Waals surface area contributed by atoms with Crippen LogP contribution < -0.4 is 15.7 Å². The summed E-state index contributed by atoms with van der Waals surface area (Å²) in [5.74, 6) is -6.51. The summed E-state index contributed by atoms with van der Waals surface area (Å²) in [6.45, 7) is 3.36. The van der Waals surface area contributed by atoms with Crippen LogP contribution in [0.15, 0.2) is 35.1 Å². The van der Waals surface area contributed by atoms with Gasteiger partial charge in [0.25, 0.3) is 5.91 Å². The van der Waals surface area contributed by atoms with Gasteiger partial charge in [-0.2, -0.15) is 17.9 Å². The van der Waals surface area contributed by atoms with Gasteiger partial charge in [0.2, 0.25) is 5.82 Å². The molecule has 0 saturated heterocycles. The predicted molar refractivity (Wildman–Crippen MR) is 116 cm³/mol. The number of benzene rings is 2. The zero-order valence-electron chi connectivity index (χ0n) is 19.0. The molecule has 0 aliphatic heterocycles. The van der Waals surface area contributed by atoms with Gasteiger partial charge >= 0.3 is 17.8 Å². The van der Waals surface area contributed by atoms with E-state index in [0.29, 0.717) is 28.3 Å². The fourth-order valence-corrected chi connectivity index (χ4v) is 3.20. The normalized spacial score (nSPS) is 12.3. The Morgan fingerprint density at radius 1 is 1.19 bits per heavy atom. The Hall–Kier alpha value is -4.23. The van der Waals surface area contributed by atoms with Crippen LogP contribution in [-0.2, 0) is 6.54 Å². The van der Waals surface area contributed by atoms with Crippen LogP contribution in [-0.4, -0.2) is 43.6 Å². The third-order valence-electron chi connectivity index (χ3n) is 5.12. The number of carbonyl (C=O) groups excluding carboxylic acids is 1. The van der Waals surface area contributed by atoms with Crippen LogP contribution in [0.4, 0.5) is 27.6 Å². The number of carboxylic acid groups (broad SMARTS) is 1. The van der Waals surface area contributed by atoms with Crippen molar-refractivity contribution in [3.8, 4) is 11.4 Å². The highest BCUT2D eigenvalue weighted by Crippen LogP contribution is 2.31. The molecule has 0 bridgehead atoms. The number of alkyl halides is 3. The van der Waals surface area contributed by atoms with Gasteiger partial charge in [-0.1, -0.05) is 12.1 Å². The van der Waals surface area contributed by atoms with E-state index in [2.05, 4.69) is 10.4 Å². The number of aromatic nitrogens is 3. The maximum atomic E-state index is 15.1. The summed E-state index contributed by atoms with van der Waals surface area (Å²) in [4.78, 5) is 36.9. The van der Waals surface area contributed by atoms with E-state index in [-0.39, 0.29) is 17.8 Å². The van der Waals surface area contributed by atoms with Gasteiger partial charge in [0.1, 0.15) is 23.1 Å². The lowest BCUT2D eigenvalue weighted by Crippen LogP contribution is -2.32. The molecule has 2 aromatic carbocycles. The van der Waals surface area contributed by atoms with Gasteiger partial charge in [-0.25, -0.2) is 18.4 Å². The second kappa shape index (κ2) is 9.79. The zero-order chi connectivity index (χ0) is 26.9. The molecule has 1 atom stereocenters. The van der Waals surface area contributed by atoms with Crippen molar-refractivity contribution in [3.05, 3.63) is 69.4 Å². The molecule has 3 rings (SSSR count). The Morgan fingerprint density at radius 3 is 2.39 bits per heavy atom. The number of ether oxygens (including phenoxy) is 1. The lowest BCUT2D eigenvalue weighted by atomic mass is 10.1. The Labute approximate surface area is 199 Å². The number of halogens is 5. The van der Waals surface area contributed by atoms with E-state index in [9.17, 15) is 37.1 Å². The van der Waals surface area contributed by atoms with Gasteiger partial charge in [-0.05, 0) is 38.5 Å². The second-order valence-corrected chi connectivity index (χ2v) is 7.55. The first-order chi connectivity index (χ1) is 16.8. The molecule has 0 aliphatic rings. The van der Waals surface area contributed by atoms with Gasteiger partial charge in [0.15, 0.2) is 6.10 Å². The maximum absolute atomic E-state index is 15.1. The summed E-state index contributed by atoms with van der Waals surface area (Å²) in [6.07, 6.45) is -7.36. The van der Waals surface area contributed by atoms with Crippen LogP contribution >= 0.6 is 0 Å². The predicted octanol–water partition coefficient (Wildman–Crippen LogP) is 3.92. The molecule has 0 radical (unpaired) electrons. The number of para-hydroxylation sites is 1. The minimum Gasteiger partial charge on any atom is -0.480 e. The van der Waals surface area contributed by atoms with E-state index in [1.165, 1.54) is 26.0 Å². The number of amides is 1. The van der Waals surface area contributed by atoms with Crippen molar-refractivity contribution in [1.82, 2.24) is 14.3 Å². The number of carbonyl (C=O) groups is 2. The Morgan fingerprint density at radius 2 is 1.86 bits per heavy atom. The zero-order valence-corrected chi connectivity index (χ0v) is 19.0. The second-order valence-electron chi connectivity index (χ2n) is 7.55. The molecule has 36 heavy (non-hydrogen) atoms. The Bertz CT molecular complexity index is 1380. The van der Waals surface area contributed by atoms with E-state index in [1.807, 2.05) is 0 Å². The molecule has 1 amide bonds. The third kappa shape index (κ3) is 5.06. The Kier molecular flexibility index (Phi) is 7.17. The van der Waals surface area contributed by atoms with Gasteiger partial charge in [0, 0.05) is 12.6 Å². The molecule has 2 N–H and O–H groups in total. The summed E-state index contributed by atoms with van der Waals surface area (Å²) in [6, 6.07) is 4.96. The molecule has 0 saturated carbocycles. The molecule has 0 spiro atoms. The first kappa shape index (κ1) is 26.4. The van der Waals surface area contributed by atoms with Crippen molar-refractivity contribution in [2.24, 2.45) is 0 Å². The number of anilines is 1. The highest BCUT2D eigenvalue weighted by Gasteiger charge is 2.39. The third-order valence-corrected chi connectivity index (χ3v) is 5.12. The van der Waals surface area contributed by atoms with Crippen molar-refractivity contribution in [2.45, 2.75) is 39.6 Å². The van der Waals surface area contributed by atoms with Crippen LogP contribution in [0.1, 0.15) is 40.4 Å². The summed E-state index contributed by atoms with van der Waals surface area (Å²) in [5, 5.41) is 15.0. The summed E-state index contributed by atoms with van der Waals surface area (Å²) >= 11 is 0. The summed E-state index contributed by atoms with van der Waals surface area (Å²) < 4.78 is 74.7. The number of carboxylic acids is 1. The molecule has 0 aliphatic carbocycles. The molecule has 14 heteroatoms. The molecule has 1 aromatic heterocycles. The van der Waals surface area contributed by atoms with Crippen LogP contribution in [0.3, 0.4) is 0 Å². The van der Waals surface area contributed by atoms with Crippen molar-refractivity contribution in [2.75, 3.05) is 5.32 Å². The average Bonchev–Trinajstić information content (AvgIpc) is 3.12. The monoisotopic (exact) mass is 514 g/mol. The minimum atomic E-state index is -4.89. The number of hydrogen-bond donors (Lipinski definition) is 2. The lowest BCUT2D eigenvalue weighted by molar-refractivity contribution is -0.189. The summed E-state index contributed by atoms with van der Waals surface area (Å²) in [5.41, 5.74) is -2.60. The van der Waals surface area contributed by atoms with Gasteiger partial charge < -0.3 is 15.2 Å². The van der Waals surface area contributed by atoms with Crippen LogP contribution in [0.5, 0.6) is 5.75 Å². The number of hydrogen-bond acceptors (Lipinski definition) is 5. The van der Waals surface area contributed by atoms with E-state index in [4.69, 9.17) is 4.74 Å². The molecule has 1 heterocycles. The van der Waals surface area contributed by atoms with E-state index >= 15 is 4.39 Å². The van der Waals surface area contributed by atoms with Crippen LogP contribution in [0, 0.1) is 18.6 Å². The van der Waals surface area contributed by atoms with Gasteiger partial charge in [-0.3, -0.25) is 9.36 Å². The quantitative estimate of drug-likeness (QED) is 0.462. The summed E-state index contributed by atoms with van der Waals surface area (Å²) in [7, 11) is 0. The van der Waals surface area contributed by atoms with Crippen LogP contribution in [0.25, 0.3) is 5.69 Å². The van der Waals surface area contributed by atoms with E-state index in [1.54, 1.807) is 0 Å². The molecule has 9 nitrogen and oxygen atoms in total. The number of aromatic carboxylic acids is 1. The van der Waals surface area contributed by atoms with E-state index < -0.39 is 64.3 Å². The molecular weight excluding hydrogens is 495 g/mol. The number of rotatable bonds is 7. The number of nitrogens with zero attached hydrogens (tertiary/aromatic N) is 3. The molecular formula is C22H19F5N4O5. The van der Waals surface area contributed by atoms with Crippen molar-refractivity contribution < 1.29 is 41.4 Å². The van der Waals surface area contributed by atoms with E-state index in [0.717, 1.165) is 6.07 Å². The SMILES string of the molecule is CCn1c(C(=O)O)nn(-c2cc(O[C@@H](C)C(F)(F)F)c(C(=O)Nc3c(C)cccc3F)cc2F)c1=O. The standard InChI is InChI=1S/C22H19F5N4O5/c1-4-30-18(20(33)34)29-31(21(30)35)15-9-16(36-11(3)22(25,26)27)12(8-14(15)24)19(32)28-17-10(2)6-5-7-13(17)23/h5-9,11H,4H2,1-3H3,(H,28,32)(H,33,34)/t11-/m0/s1. The van der Waals surface area contributed by atoms with Gasteiger partial charge in [0.05, 0.1) is 11.3 Å². The fourth-order valence-electron chi connectivity index (χ4n) is 3.20. The Balaban J connectivity index is 2.18. The van der Waals surface area contributed by atoms with Crippen molar-refractivity contribution in [3.63, 3.8) is 0 Å². The largest absolute Gasteiger partial charge is 0.480 e. The molecule has 0 unspecified atom stereocenters. The molecule has 0 fully saturated rings. The topological polar surface area (TPSA) is 115 Å². The first-order valence-electron chi connectivity index (χ1n) is 10.3. The molecule has 192 valence electrons. The highest BCUT2D eigenvalue weighted by molar-refractivity contribution is 6.06. The maximum Gasteiger partial charge on any atom is 0.425 e.